The van der Waals surface area contributed by atoms with Gasteiger partial charge in [0, 0.05) is 23.7 Å². The largest absolute Gasteiger partial charge is 0.326 e. The lowest BCUT2D eigenvalue weighted by Crippen LogP contribution is -2.28. The second-order valence-electron chi connectivity index (χ2n) is 6.62. The molecule has 5 nitrogen and oxygen atoms in total. The number of hydrogen-bond donors (Lipinski definition) is 3. The molecular formula is C18H25N3O2. The molecule has 1 saturated heterocycles. The minimum Gasteiger partial charge on any atom is -0.326 e. The topological polar surface area (TPSA) is 70.2 Å². The van der Waals surface area contributed by atoms with Crippen LogP contribution in [0.4, 0.5) is 11.4 Å². The Balaban J connectivity index is 1.46. The van der Waals surface area contributed by atoms with Crippen molar-refractivity contribution in [3.05, 3.63) is 24.3 Å². The van der Waals surface area contributed by atoms with Gasteiger partial charge in [0.25, 0.3) is 0 Å². The van der Waals surface area contributed by atoms with Crippen LogP contribution in [0.15, 0.2) is 24.3 Å². The summed E-state index contributed by atoms with van der Waals surface area (Å²) in [5.41, 5.74) is 1.49. The van der Waals surface area contributed by atoms with E-state index in [4.69, 9.17) is 0 Å². The van der Waals surface area contributed by atoms with E-state index in [0.29, 0.717) is 12.3 Å². The van der Waals surface area contributed by atoms with Crippen LogP contribution in [0.3, 0.4) is 0 Å². The summed E-state index contributed by atoms with van der Waals surface area (Å²) in [6.45, 7) is 2.13. The normalized spacial score (nSPS) is 18.4. The number of hydrogen-bond acceptors (Lipinski definition) is 3. The predicted molar refractivity (Wildman–Crippen MR) is 91.3 cm³/mol. The van der Waals surface area contributed by atoms with Crippen molar-refractivity contribution >= 4 is 23.2 Å². The molecule has 0 unspecified atom stereocenters. The highest BCUT2D eigenvalue weighted by atomic mass is 16.2. The highest BCUT2D eigenvalue weighted by Gasteiger charge is 2.29. The van der Waals surface area contributed by atoms with E-state index in [1.165, 1.54) is 0 Å². The van der Waals surface area contributed by atoms with Crippen molar-refractivity contribution in [2.24, 2.45) is 11.8 Å². The summed E-state index contributed by atoms with van der Waals surface area (Å²) in [6, 6.07) is 7.38. The number of piperidine rings is 1. The summed E-state index contributed by atoms with van der Waals surface area (Å²) in [5, 5.41) is 9.18. The summed E-state index contributed by atoms with van der Waals surface area (Å²) in [6.07, 6.45) is 5.80. The molecule has 5 heteroatoms. The molecule has 0 bridgehead atoms. The highest BCUT2D eigenvalue weighted by Crippen LogP contribution is 2.30. The zero-order chi connectivity index (χ0) is 16.1. The summed E-state index contributed by atoms with van der Waals surface area (Å²) >= 11 is 0. The standard InChI is InChI=1S/C18H25N3O2/c22-17(7-4-13-8-10-19-11-9-13)20-15-2-1-3-16(12-15)21-18(23)14-5-6-14/h1-3,12-14,19H,4-11H2,(H,20,22)(H,21,23). The number of nitrogens with one attached hydrogen (secondary N) is 3. The van der Waals surface area contributed by atoms with Gasteiger partial charge in [-0.05, 0) is 69.3 Å². The molecule has 2 amide bonds. The molecule has 0 aromatic heterocycles. The van der Waals surface area contributed by atoms with Crippen molar-refractivity contribution in [1.82, 2.24) is 5.32 Å². The Bertz CT molecular complexity index is 563. The van der Waals surface area contributed by atoms with Crippen LogP contribution in [0.5, 0.6) is 0 Å². The molecule has 2 fully saturated rings. The third-order valence-electron chi connectivity index (χ3n) is 4.60. The molecule has 0 spiro atoms. The Morgan fingerprint density at radius 2 is 1.74 bits per heavy atom. The number of carbonyl (C=O) groups is 2. The third-order valence-corrected chi connectivity index (χ3v) is 4.60. The van der Waals surface area contributed by atoms with E-state index in [2.05, 4.69) is 16.0 Å². The summed E-state index contributed by atoms with van der Waals surface area (Å²) < 4.78 is 0. The van der Waals surface area contributed by atoms with Crippen molar-refractivity contribution in [2.75, 3.05) is 23.7 Å². The van der Waals surface area contributed by atoms with E-state index in [1.54, 1.807) is 0 Å². The van der Waals surface area contributed by atoms with Crippen LogP contribution < -0.4 is 16.0 Å². The smallest absolute Gasteiger partial charge is 0.227 e. The van der Waals surface area contributed by atoms with Gasteiger partial charge in [0.15, 0.2) is 0 Å². The lowest BCUT2D eigenvalue weighted by Gasteiger charge is -2.22. The van der Waals surface area contributed by atoms with Crippen LogP contribution in [-0.2, 0) is 9.59 Å². The number of amides is 2. The molecule has 23 heavy (non-hydrogen) atoms. The lowest BCUT2D eigenvalue weighted by atomic mass is 9.93. The number of rotatable bonds is 6. The molecule has 0 atom stereocenters. The van der Waals surface area contributed by atoms with Gasteiger partial charge < -0.3 is 16.0 Å². The highest BCUT2D eigenvalue weighted by molar-refractivity contribution is 5.95. The van der Waals surface area contributed by atoms with Crippen LogP contribution in [-0.4, -0.2) is 24.9 Å². The van der Waals surface area contributed by atoms with Crippen molar-refractivity contribution in [2.45, 2.75) is 38.5 Å². The van der Waals surface area contributed by atoms with Gasteiger partial charge in [-0.2, -0.15) is 0 Å². The fourth-order valence-corrected chi connectivity index (χ4v) is 2.99. The third kappa shape index (κ3) is 5.06. The number of carbonyl (C=O) groups excluding carboxylic acids is 2. The van der Waals surface area contributed by atoms with E-state index in [-0.39, 0.29) is 17.7 Å². The average Bonchev–Trinajstić information content (AvgIpc) is 3.39. The first-order valence-corrected chi connectivity index (χ1v) is 8.62. The Hall–Kier alpha value is -1.88. The van der Waals surface area contributed by atoms with Gasteiger partial charge in [-0.25, -0.2) is 0 Å². The quantitative estimate of drug-likeness (QED) is 0.756. The minimum absolute atomic E-state index is 0.0502. The Morgan fingerprint density at radius 1 is 1.04 bits per heavy atom. The summed E-state index contributed by atoms with van der Waals surface area (Å²) in [4.78, 5) is 23.9. The maximum absolute atomic E-state index is 12.1. The van der Waals surface area contributed by atoms with Gasteiger partial charge in [0.05, 0.1) is 0 Å². The van der Waals surface area contributed by atoms with E-state index >= 15 is 0 Å². The predicted octanol–water partition coefficient (Wildman–Crippen LogP) is 2.75. The maximum Gasteiger partial charge on any atom is 0.227 e. The molecule has 1 aliphatic heterocycles. The Morgan fingerprint density at radius 3 is 2.43 bits per heavy atom. The van der Waals surface area contributed by atoms with Gasteiger partial charge in [0.2, 0.25) is 11.8 Å². The van der Waals surface area contributed by atoms with Crippen LogP contribution in [0, 0.1) is 11.8 Å². The minimum atomic E-state index is 0.0502. The van der Waals surface area contributed by atoms with Gasteiger partial charge >= 0.3 is 0 Å². The van der Waals surface area contributed by atoms with Gasteiger partial charge in [-0.1, -0.05) is 6.07 Å². The summed E-state index contributed by atoms with van der Waals surface area (Å²) in [7, 11) is 0. The molecule has 3 N–H and O–H groups in total. The zero-order valence-electron chi connectivity index (χ0n) is 13.4. The molecule has 1 heterocycles. The average molecular weight is 315 g/mol. The second kappa shape index (κ2) is 7.59. The molecule has 3 rings (SSSR count). The summed E-state index contributed by atoms with van der Waals surface area (Å²) in [5.74, 6) is 0.970. The monoisotopic (exact) mass is 315 g/mol. The number of anilines is 2. The van der Waals surface area contributed by atoms with E-state index in [0.717, 1.165) is 56.6 Å². The van der Waals surface area contributed by atoms with Crippen molar-refractivity contribution < 1.29 is 9.59 Å². The molecule has 1 aromatic rings. The van der Waals surface area contributed by atoms with Crippen LogP contribution >= 0.6 is 0 Å². The first-order valence-electron chi connectivity index (χ1n) is 8.62. The molecule has 0 radical (unpaired) electrons. The maximum atomic E-state index is 12.1. The van der Waals surface area contributed by atoms with Gasteiger partial charge in [-0.15, -0.1) is 0 Å². The number of benzene rings is 1. The van der Waals surface area contributed by atoms with Crippen LogP contribution in [0.25, 0.3) is 0 Å². The molecule has 124 valence electrons. The van der Waals surface area contributed by atoms with E-state index < -0.39 is 0 Å². The second-order valence-corrected chi connectivity index (χ2v) is 6.62. The van der Waals surface area contributed by atoms with Crippen LogP contribution in [0.2, 0.25) is 0 Å². The Kier molecular flexibility index (Phi) is 5.28. The van der Waals surface area contributed by atoms with Crippen molar-refractivity contribution in [3.63, 3.8) is 0 Å². The molecule has 2 aliphatic rings. The first-order chi connectivity index (χ1) is 11.2. The molecule has 1 aliphatic carbocycles. The molecule has 1 saturated carbocycles. The SMILES string of the molecule is O=C(CCC1CCNCC1)Nc1cccc(NC(=O)C2CC2)c1. The Labute approximate surface area is 137 Å². The van der Waals surface area contributed by atoms with E-state index in [9.17, 15) is 9.59 Å². The lowest BCUT2D eigenvalue weighted by molar-refractivity contribution is -0.117. The first kappa shape index (κ1) is 16.0. The van der Waals surface area contributed by atoms with E-state index in [1.807, 2.05) is 24.3 Å². The van der Waals surface area contributed by atoms with Crippen LogP contribution in [0.1, 0.15) is 38.5 Å². The van der Waals surface area contributed by atoms with Gasteiger partial charge in [0.1, 0.15) is 0 Å². The van der Waals surface area contributed by atoms with Gasteiger partial charge in [-0.3, -0.25) is 9.59 Å². The molecule has 1 aromatic carbocycles. The molecular weight excluding hydrogens is 290 g/mol. The van der Waals surface area contributed by atoms with Crippen molar-refractivity contribution in [3.8, 4) is 0 Å². The zero-order valence-corrected chi connectivity index (χ0v) is 13.4. The fraction of sp³-hybridized carbons (Fsp3) is 0.556. The van der Waals surface area contributed by atoms with Crippen molar-refractivity contribution in [1.29, 1.82) is 0 Å². The fourth-order valence-electron chi connectivity index (χ4n) is 2.99.